The third-order valence-corrected chi connectivity index (χ3v) is 3.79. The molecule has 1 saturated heterocycles. The highest BCUT2D eigenvalue weighted by molar-refractivity contribution is 5.80. The largest absolute Gasteiger partial charge is 0.357 e. The molecule has 2 rings (SSSR count). The van der Waals surface area contributed by atoms with E-state index >= 15 is 0 Å². The smallest absolute Gasteiger partial charge is 0.194 e. The van der Waals surface area contributed by atoms with Crippen LogP contribution in [0.2, 0.25) is 0 Å². The molecular weight excluding hydrogens is 248 g/mol. The fraction of sp³-hybridized carbons (Fsp3) is 0.625. The van der Waals surface area contributed by atoms with E-state index in [-0.39, 0.29) is 0 Å². The Morgan fingerprint density at radius 1 is 1.55 bits per heavy atom. The Morgan fingerprint density at radius 2 is 2.40 bits per heavy atom. The van der Waals surface area contributed by atoms with Crippen molar-refractivity contribution in [3.05, 3.63) is 29.6 Å². The molecule has 1 unspecified atom stereocenters. The molecule has 0 aliphatic carbocycles. The fourth-order valence-electron chi connectivity index (χ4n) is 2.64. The topological polar surface area (TPSA) is 40.5 Å². The minimum atomic E-state index is 0.653. The predicted octanol–water partition coefficient (Wildman–Crippen LogP) is 2.59. The van der Waals surface area contributed by atoms with E-state index in [9.17, 15) is 0 Å². The molecule has 1 fully saturated rings. The highest BCUT2D eigenvalue weighted by Crippen LogP contribution is 2.15. The SMILES string of the molecule is CCNC(=NCc1ncccc1C)N1CCCC(C)C1. The molecule has 2 heterocycles. The van der Waals surface area contributed by atoms with Gasteiger partial charge in [-0.3, -0.25) is 4.98 Å². The highest BCUT2D eigenvalue weighted by atomic mass is 15.3. The Morgan fingerprint density at radius 3 is 3.10 bits per heavy atom. The Balaban J connectivity index is 2.07. The second-order valence-corrected chi connectivity index (χ2v) is 5.63. The zero-order chi connectivity index (χ0) is 14.4. The lowest BCUT2D eigenvalue weighted by atomic mass is 10.0. The zero-order valence-corrected chi connectivity index (χ0v) is 12.9. The number of rotatable bonds is 3. The summed E-state index contributed by atoms with van der Waals surface area (Å²) in [6, 6.07) is 4.06. The van der Waals surface area contributed by atoms with Crippen LogP contribution in [0.3, 0.4) is 0 Å². The second-order valence-electron chi connectivity index (χ2n) is 5.63. The quantitative estimate of drug-likeness (QED) is 0.680. The third kappa shape index (κ3) is 3.95. The summed E-state index contributed by atoms with van der Waals surface area (Å²) in [4.78, 5) is 11.6. The summed E-state index contributed by atoms with van der Waals surface area (Å²) in [5, 5.41) is 3.41. The molecule has 4 heteroatoms. The molecule has 1 aromatic heterocycles. The van der Waals surface area contributed by atoms with Crippen LogP contribution in [0.4, 0.5) is 0 Å². The molecule has 0 radical (unpaired) electrons. The van der Waals surface area contributed by atoms with E-state index in [0.717, 1.165) is 37.2 Å². The Labute approximate surface area is 122 Å². The average molecular weight is 274 g/mol. The number of likely N-dealkylation sites (tertiary alicyclic amines) is 1. The van der Waals surface area contributed by atoms with E-state index in [1.165, 1.54) is 18.4 Å². The maximum absolute atomic E-state index is 4.77. The van der Waals surface area contributed by atoms with Crippen LogP contribution >= 0.6 is 0 Å². The van der Waals surface area contributed by atoms with Crippen molar-refractivity contribution in [2.24, 2.45) is 10.9 Å². The summed E-state index contributed by atoms with van der Waals surface area (Å²) in [6.45, 7) is 10.3. The van der Waals surface area contributed by atoms with E-state index in [1.807, 2.05) is 12.3 Å². The van der Waals surface area contributed by atoms with Gasteiger partial charge in [0.15, 0.2) is 5.96 Å². The Kier molecular flexibility index (Phi) is 5.39. The molecule has 1 aliphatic heterocycles. The molecule has 0 aromatic carbocycles. The van der Waals surface area contributed by atoms with Crippen LogP contribution in [0.25, 0.3) is 0 Å². The van der Waals surface area contributed by atoms with E-state index in [0.29, 0.717) is 6.54 Å². The number of aryl methyl sites for hydroxylation is 1. The average Bonchev–Trinajstić information content (AvgIpc) is 2.45. The van der Waals surface area contributed by atoms with Crippen LogP contribution in [-0.2, 0) is 6.54 Å². The molecule has 0 spiro atoms. The van der Waals surface area contributed by atoms with Gasteiger partial charge < -0.3 is 10.2 Å². The van der Waals surface area contributed by atoms with Gasteiger partial charge >= 0.3 is 0 Å². The lowest BCUT2D eigenvalue weighted by Crippen LogP contribution is -2.46. The van der Waals surface area contributed by atoms with Crippen molar-refractivity contribution < 1.29 is 0 Å². The van der Waals surface area contributed by atoms with Gasteiger partial charge in [-0.1, -0.05) is 13.0 Å². The van der Waals surface area contributed by atoms with Crippen LogP contribution in [-0.4, -0.2) is 35.5 Å². The van der Waals surface area contributed by atoms with Crippen LogP contribution in [0.5, 0.6) is 0 Å². The van der Waals surface area contributed by atoms with Gasteiger partial charge in [-0.25, -0.2) is 4.99 Å². The summed E-state index contributed by atoms with van der Waals surface area (Å²) in [5.74, 6) is 1.79. The molecule has 1 N–H and O–H groups in total. The minimum Gasteiger partial charge on any atom is -0.357 e. The normalized spacial score (nSPS) is 20.1. The van der Waals surface area contributed by atoms with E-state index in [1.54, 1.807) is 0 Å². The van der Waals surface area contributed by atoms with Gasteiger partial charge in [-0.2, -0.15) is 0 Å². The Hall–Kier alpha value is -1.58. The summed E-state index contributed by atoms with van der Waals surface area (Å²) in [5.41, 5.74) is 2.27. The van der Waals surface area contributed by atoms with Crippen molar-refractivity contribution in [2.45, 2.75) is 40.2 Å². The van der Waals surface area contributed by atoms with Gasteiger partial charge in [-0.15, -0.1) is 0 Å². The van der Waals surface area contributed by atoms with Crippen molar-refractivity contribution in [1.82, 2.24) is 15.2 Å². The molecule has 0 saturated carbocycles. The van der Waals surface area contributed by atoms with Crippen molar-refractivity contribution in [1.29, 1.82) is 0 Å². The first-order valence-corrected chi connectivity index (χ1v) is 7.64. The number of aliphatic imine (C=N–C) groups is 1. The van der Waals surface area contributed by atoms with Crippen LogP contribution in [0.1, 0.15) is 37.9 Å². The number of hydrogen-bond donors (Lipinski definition) is 1. The number of nitrogens with one attached hydrogen (secondary N) is 1. The van der Waals surface area contributed by atoms with Crippen LogP contribution in [0, 0.1) is 12.8 Å². The number of nitrogens with zero attached hydrogens (tertiary/aromatic N) is 3. The molecule has 0 bridgehead atoms. The summed E-state index contributed by atoms with van der Waals surface area (Å²) < 4.78 is 0. The van der Waals surface area contributed by atoms with Gasteiger partial charge in [-0.05, 0) is 44.2 Å². The van der Waals surface area contributed by atoms with Crippen molar-refractivity contribution in [3.63, 3.8) is 0 Å². The number of hydrogen-bond acceptors (Lipinski definition) is 2. The van der Waals surface area contributed by atoms with Gasteiger partial charge in [0.2, 0.25) is 0 Å². The zero-order valence-electron chi connectivity index (χ0n) is 12.9. The monoisotopic (exact) mass is 274 g/mol. The van der Waals surface area contributed by atoms with E-state index in [2.05, 4.69) is 42.0 Å². The molecule has 1 aromatic rings. The first-order chi connectivity index (χ1) is 9.70. The number of aromatic nitrogens is 1. The van der Waals surface area contributed by atoms with E-state index < -0.39 is 0 Å². The van der Waals surface area contributed by atoms with Crippen molar-refractivity contribution in [3.8, 4) is 0 Å². The molecule has 20 heavy (non-hydrogen) atoms. The molecule has 4 nitrogen and oxygen atoms in total. The van der Waals surface area contributed by atoms with E-state index in [4.69, 9.17) is 4.99 Å². The van der Waals surface area contributed by atoms with Crippen LogP contribution < -0.4 is 5.32 Å². The van der Waals surface area contributed by atoms with Crippen molar-refractivity contribution in [2.75, 3.05) is 19.6 Å². The molecular formula is C16H26N4. The van der Waals surface area contributed by atoms with Crippen molar-refractivity contribution >= 4 is 5.96 Å². The number of pyridine rings is 1. The first-order valence-electron chi connectivity index (χ1n) is 7.64. The lowest BCUT2D eigenvalue weighted by Gasteiger charge is -2.33. The molecule has 1 aliphatic rings. The minimum absolute atomic E-state index is 0.653. The molecule has 110 valence electrons. The number of piperidine rings is 1. The van der Waals surface area contributed by atoms with Crippen LogP contribution in [0.15, 0.2) is 23.3 Å². The predicted molar refractivity (Wildman–Crippen MR) is 83.8 cm³/mol. The number of guanidine groups is 1. The molecule has 1 atom stereocenters. The van der Waals surface area contributed by atoms with Gasteiger partial charge in [0.1, 0.15) is 0 Å². The van der Waals surface area contributed by atoms with Gasteiger partial charge in [0.05, 0.1) is 12.2 Å². The fourth-order valence-corrected chi connectivity index (χ4v) is 2.64. The standard InChI is InChI=1S/C16H26N4/c1-4-17-16(20-10-6-7-13(2)12-20)19-11-15-14(3)8-5-9-18-15/h5,8-9,13H,4,6-7,10-12H2,1-3H3,(H,17,19). The van der Waals surface area contributed by atoms with Gasteiger partial charge in [0.25, 0.3) is 0 Å². The maximum atomic E-state index is 4.77. The third-order valence-electron chi connectivity index (χ3n) is 3.79. The highest BCUT2D eigenvalue weighted by Gasteiger charge is 2.19. The Bertz CT molecular complexity index is 456. The second kappa shape index (κ2) is 7.27. The maximum Gasteiger partial charge on any atom is 0.194 e. The summed E-state index contributed by atoms with van der Waals surface area (Å²) >= 11 is 0. The first kappa shape index (κ1) is 14.8. The summed E-state index contributed by atoms with van der Waals surface area (Å²) in [7, 11) is 0. The summed E-state index contributed by atoms with van der Waals surface area (Å²) in [6.07, 6.45) is 4.43. The van der Waals surface area contributed by atoms with Gasteiger partial charge in [0, 0.05) is 25.8 Å². The molecule has 0 amide bonds. The lowest BCUT2D eigenvalue weighted by molar-refractivity contribution is 0.266.